The SMILES string of the molecule is O=C(CN1CCN2CCC[C@H]2C1)Nc1ccc(Cl)cn1. The summed E-state index contributed by atoms with van der Waals surface area (Å²) in [5.41, 5.74) is 0. The Hall–Kier alpha value is -1.17. The number of hydrogen-bond acceptors (Lipinski definition) is 4. The summed E-state index contributed by atoms with van der Waals surface area (Å²) in [5, 5.41) is 3.38. The van der Waals surface area contributed by atoms with E-state index in [4.69, 9.17) is 11.6 Å². The van der Waals surface area contributed by atoms with Crippen molar-refractivity contribution in [2.24, 2.45) is 0 Å². The molecule has 0 spiro atoms. The van der Waals surface area contributed by atoms with Gasteiger partial charge in [0.2, 0.25) is 5.91 Å². The summed E-state index contributed by atoms with van der Waals surface area (Å²) in [4.78, 5) is 20.9. The van der Waals surface area contributed by atoms with Gasteiger partial charge in [-0.05, 0) is 31.5 Å². The number of aromatic nitrogens is 1. The van der Waals surface area contributed by atoms with Gasteiger partial charge in [-0.15, -0.1) is 0 Å². The number of rotatable bonds is 3. The molecular formula is C14H19ClN4O. The van der Waals surface area contributed by atoms with E-state index in [1.54, 1.807) is 12.1 Å². The monoisotopic (exact) mass is 294 g/mol. The first-order valence-corrected chi connectivity index (χ1v) is 7.46. The first-order chi connectivity index (χ1) is 9.70. The van der Waals surface area contributed by atoms with Crippen molar-refractivity contribution in [3.05, 3.63) is 23.4 Å². The van der Waals surface area contributed by atoms with Crippen molar-refractivity contribution in [1.29, 1.82) is 0 Å². The van der Waals surface area contributed by atoms with Gasteiger partial charge in [-0.3, -0.25) is 14.6 Å². The highest BCUT2D eigenvalue weighted by Gasteiger charge is 2.30. The molecule has 5 nitrogen and oxygen atoms in total. The van der Waals surface area contributed by atoms with Crippen LogP contribution in [0.15, 0.2) is 18.3 Å². The Morgan fingerprint density at radius 1 is 1.40 bits per heavy atom. The number of pyridine rings is 1. The van der Waals surface area contributed by atoms with Gasteiger partial charge in [0.15, 0.2) is 0 Å². The van der Waals surface area contributed by atoms with E-state index >= 15 is 0 Å². The summed E-state index contributed by atoms with van der Waals surface area (Å²) < 4.78 is 0. The molecule has 6 heteroatoms. The van der Waals surface area contributed by atoms with E-state index in [1.165, 1.54) is 25.6 Å². The summed E-state index contributed by atoms with van der Waals surface area (Å²) in [7, 11) is 0. The maximum absolute atomic E-state index is 12.0. The Balaban J connectivity index is 1.50. The van der Waals surface area contributed by atoms with Crippen LogP contribution in [0.25, 0.3) is 0 Å². The molecule has 2 saturated heterocycles. The lowest BCUT2D eigenvalue weighted by Crippen LogP contribution is -2.51. The van der Waals surface area contributed by atoms with Crippen molar-refractivity contribution in [3.8, 4) is 0 Å². The number of halogens is 1. The molecule has 2 aliphatic rings. The highest BCUT2D eigenvalue weighted by molar-refractivity contribution is 6.30. The van der Waals surface area contributed by atoms with Gasteiger partial charge in [0, 0.05) is 31.9 Å². The summed E-state index contributed by atoms with van der Waals surface area (Å²) in [6.45, 7) is 4.71. The zero-order valence-electron chi connectivity index (χ0n) is 11.4. The molecule has 1 N–H and O–H groups in total. The molecule has 0 radical (unpaired) electrons. The van der Waals surface area contributed by atoms with E-state index in [2.05, 4.69) is 20.1 Å². The minimum Gasteiger partial charge on any atom is -0.310 e. The van der Waals surface area contributed by atoms with Crippen LogP contribution in [-0.2, 0) is 4.79 Å². The van der Waals surface area contributed by atoms with Crippen LogP contribution in [0, 0.1) is 0 Å². The van der Waals surface area contributed by atoms with E-state index in [1.807, 2.05) is 0 Å². The Morgan fingerprint density at radius 2 is 2.30 bits per heavy atom. The molecule has 1 aromatic rings. The second-order valence-corrected chi connectivity index (χ2v) is 5.91. The fraction of sp³-hybridized carbons (Fsp3) is 0.571. The van der Waals surface area contributed by atoms with Crippen molar-refractivity contribution in [2.45, 2.75) is 18.9 Å². The molecule has 0 saturated carbocycles. The predicted octanol–water partition coefficient (Wildman–Crippen LogP) is 1.45. The van der Waals surface area contributed by atoms with Crippen LogP contribution in [0.4, 0.5) is 5.82 Å². The molecule has 2 aliphatic heterocycles. The molecule has 20 heavy (non-hydrogen) atoms. The van der Waals surface area contributed by atoms with E-state index < -0.39 is 0 Å². The van der Waals surface area contributed by atoms with Gasteiger partial charge in [-0.25, -0.2) is 4.98 Å². The van der Waals surface area contributed by atoms with Gasteiger partial charge in [-0.1, -0.05) is 11.6 Å². The van der Waals surface area contributed by atoms with Gasteiger partial charge in [0.25, 0.3) is 0 Å². The molecular weight excluding hydrogens is 276 g/mol. The molecule has 2 fully saturated rings. The fourth-order valence-electron chi connectivity index (χ4n) is 3.03. The van der Waals surface area contributed by atoms with Crippen molar-refractivity contribution in [2.75, 3.05) is 38.0 Å². The lowest BCUT2D eigenvalue weighted by Gasteiger charge is -2.37. The number of hydrogen-bond donors (Lipinski definition) is 1. The number of amides is 1. The second-order valence-electron chi connectivity index (χ2n) is 5.48. The minimum atomic E-state index is -0.00808. The number of nitrogens with zero attached hydrogens (tertiary/aromatic N) is 3. The van der Waals surface area contributed by atoms with Crippen molar-refractivity contribution in [1.82, 2.24) is 14.8 Å². The standard InChI is InChI=1S/C14H19ClN4O/c15-11-3-4-13(16-8-11)17-14(20)10-18-6-7-19-5-1-2-12(19)9-18/h3-4,8,12H,1-2,5-7,9-10H2,(H,16,17,20)/t12-/m0/s1. The van der Waals surface area contributed by atoms with E-state index in [9.17, 15) is 4.79 Å². The Kier molecular flexibility index (Phi) is 4.19. The second kappa shape index (κ2) is 6.08. The zero-order valence-corrected chi connectivity index (χ0v) is 12.1. The zero-order chi connectivity index (χ0) is 13.9. The van der Waals surface area contributed by atoms with Crippen molar-refractivity contribution >= 4 is 23.3 Å². The minimum absolute atomic E-state index is 0.00808. The lowest BCUT2D eigenvalue weighted by atomic mass is 10.1. The third-order valence-corrected chi connectivity index (χ3v) is 4.26. The summed E-state index contributed by atoms with van der Waals surface area (Å²) in [5.74, 6) is 0.546. The third kappa shape index (κ3) is 3.29. The molecule has 3 heterocycles. The van der Waals surface area contributed by atoms with Crippen LogP contribution in [-0.4, -0.2) is 59.5 Å². The third-order valence-electron chi connectivity index (χ3n) is 4.03. The molecule has 1 atom stereocenters. The molecule has 0 aromatic carbocycles. The fourth-order valence-corrected chi connectivity index (χ4v) is 3.15. The van der Waals surface area contributed by atoms with Gasteiger partial charge < -0.3 is 5.32 Å². The highest BCUT2D eigenvalue weighted by Crippen LogP contribution is 2.21. The average Bonchev–Trinajstić information content (AvgIpc) is 2.89. The molecule has 0 unspecified atom stereocenters. The Morgan fingerprint density at radius 3 is 3.10 bits per heavy atom. The summed E-state index contributed by atoms with van der Waals surface area (Å²) >= 11 is 5.77. The normalized spacial score (nSPS) is 23.6. The molecule has 1 aromatic heterocycles. The number of nitrogens with one attached hydrogen (secondary N) is 1. The lowest BCUT2D eigenvalue weighted by molar-refractivity contribution is -0.117. The van der Waals surface area contributed by atoms with Gasteiger partial charge in [0.05, 0.1) is 11.6 Å². The van der Waals surface area contributed by atoms with E-state index in [0.29, 0.717) is 23.4 Å². The maximum Gasteiger partial charge on any atom is 0.239 e. The number of carbonyl (C=O) groups is 1. The van der Waals surface area contributed by atoms with Crippen molar-refractivity contribution in [3.63, 3.8) is 0 Å². The Labute approximate surface area is 123 Å². The molecule has 1 amide bonds. The van der Waals surface area contributed by atoms with Crippen LogP contribution < -0.4 is 5.32 Å². The van der Waals surface area contributed by atoms with Crippen LogP contribution >= 0.6 is 11.6 Å². The van der Waals surface area contributed by atoms with Gasteiger partial charge >= 0.3 is 0 Å². The topological polar surface area (TPSA) is 48.5 Å². The quantitative estimate of drug-likeness (QED) is 0.917. The maximum atomic E-state index is 12.0. The first kappa shape index (κ1) is 13.8. The number of fused-ring (bicyclic) bond motifs is 1. The number of carbonyl (C=O) groups excluding carboxylic acids is 1. The molecule has 0 bridgehead atoms. The van der Waals surface area contributed by atoms with E-state index in [-0.39, 0.29) is 5.91 Å². The predicted molar refractivity (Wildman–Crippen MR) is 78.9 cm³/mol. The number of anilines is 1. The summed E-state index contributed by atoms with van der Waals surface area (Å²) in [6, 6.07) is 4.08. The largest absolute Gasteiger partial charge is 0.310 e. The van der Waals surface area contributed by atoms with Gasteiger partial charge in [-0.2, -0.15) is 0 Å². The summed E-state index contributed by atoms with van der Waals surface area (Å²) in [6.07, 6.45) is 4.09. The van der Waals surface area contributed by atoms with E-state index in [0.717, 1.165) is 19.6 Å². The molecule has 0 aliphatic carbocycles. The van der Waals surface area contributed by atoms with Crippen molar-refractivity contribution < 1.29 is 4.79 Å². The number of piperazine rings is 1. The van der Waals surface area contributed by atoms with Gasteiger partial charge in [0.1, 0.15) is 5.82 Å². The highest BCUT2D eigenvalue weighted by atomic mass is 35.5. The average molecular weight is 295 g/mol. The molecule has 3 rings (SSSR count). The van der Waals surface area contributed by atoms with Crippen LogP contribution in [0.2, 0.25) is 5.02 Å². The van der Waals surface area contributed by atoms with Crippen LogP contribution in [0.5, 0.6) is 0 Å². The molecule has 108 valence electrons. The Bertz CT molecular complexity index is 479. The van der Waals surface area contributed by atoms with Crippen LogP contribution in [0.1, 0.15) is 12.8 Å². The smallest absolute Gasteiger partial charge is 0.239 e. The van der Waals surface area contributed by atoms with Crippen LogP contribution in [0.3, 0.4) is 0 Å². The first-order valence-electron chi connectivity index (χ1n) is 7.08.